The fourth-order valence-electron chi connectivity index (χ4n) is 3.90. The molecule has 0 unspecified atom stereocenters. The fourth-order valence-corrected chi connectivity index (χ4v) is 3.90. The van der Waals surface area contributed by atoms with Crippen LogP contribution in [0.15, 0.2) is 54.6 Å². The lowest BCUT2D eigenvalue weighted by Gasteiger charge is -2.22. The third-order valence-electron chi connectivity index (χ3n) is 5.42. The Labute approximate surface area is 177 Å². The van der Waals surface area contributed by atoms with E-state index in [-0.39, 0.29) is 36.3 Å². The van der Waals surface area contributed by atoms with Crippen LogP contribution in [0.5, 0.6) is 0 Å². The molecule has 0 aliphatic carbocycles. The van der Waals surface area contributed by atoms with Gasteiger partial charge in [-0.05, 0) is 36.8 Å². The molecular formula is C23H21F2N3O3. The summed E-state index contributed by atoms with van der Waals surface area (Å²) in [5.74, 6) is -1.97. The molecule has 1 aliphatic heterocycles. The molecule has 2 aromatic carbocycles. The van der Waals surface area contributed by atoms with E-state index in [1.807, 2.05) is 30.3 Å². The number of carbonyl (C=O) groups is 2. The maximum atomic E-state index is 14.1. The van der Waals surface area contributed by atoms with Crippen LogP contribution in [-0.2, 0) is 16.1 Å². The average molecular weight is 425 g/mol. The molecule has 2 heterocycles. The number of benzene rings is 2. The highest BCUT2D eigenvalue weighted by molar-refractivity contribution is 5.95. The number of hydrogen-bond acceptors (Lipinski definition) is 5. The highest BCUT2D eigenvalue weighted by Gasteiger charge is 2.38. The van der Waals surface area contributed by atoms with Gasteiger partial charge in [-0.25, -0.2) is 13.8 Å². The number of ether oxygens (including phenoxy) is 1. The molecule has 2 atom stereocenters. The Hall–Kier alpha value is -3.39. The van der Waals surface area contributed by atoms with Crippen LogP contribution in [0, 0.1) is 11.6 Å². The van der Waals surface area contributed by atoms with E-state index in [4.69, 9.17) is 4.74 Å². The number of pyridine rings is 1. The Morgan fingerprint density at radius 2 is 1.97 bits per heavy atom. The summed E-state index contributed by atoms with van der Waals surface area (Å²) in [6.07, 6.45) is 0.295. The second kappa shape index (κ2) is 8.77. The summed E-state index contributed by atoms with van der Waals surface area (Å²) in [4.78, 5) is 31.1. The predicted octanol–water partition coefficient (Wildman–Crippen LogP) is 3.06. The van der Waals surface area contributed by atoms with Crippen LogP contribution >= 0.6 is 0 Å². The molecule has 1 fully saturated rings. The number of nitrogens with zero attached hydrogens (tertiary/aromatic N) is 2. The van der Waals surface area contributed by atoms with E-state index in [2.05, 4.69) is 10.3 Å². The molecule has 8 heteroatoms. The molecule has 6 nitrogen and oxygen atoms in total. The third kappa shape index (κ3) is 4.54. The first kappa shape index (κ1) is 20.9. The number of hydrogen-bond donors (Lipinski definition) is 1. The summed E-state index contributed by atoms with van der Waals surface area (Å²) in [7, 11) is 1.27. The van der Waals surface area contributed by atoms with Gasteiger partial charge in [-0.2, -0.15) is 0 Å². The van der Waals surface area contributed by atoms with E-state index in [1.54, 1.807) is 11.0 Å². The molecule has 0 radical (unpaired) electrons. The SMILES string of the molecule is COC(=O)[C@@H]1C[C@@H](NC(=O)c2ccc3ccccc3n2)CN1Cc1cc(F)ccc1F. The first-order chi connectivity index (χ1) is 14.9. The lowest BCUT2D eigenvalue weighted by atomic mass is 10.1. The summed E-state index contributed by atoms with van der Waals surface area (Å²) in [6.45, 7) is 0.305. The van der Waals surface area contributed by atoms with Crippen molar-refractivity contribution in [2.24, 2.45) is 0 Å². The molecule has 0 spiro atoms. The minimum atomic E-state index is -0.678. The lowest BCUT2D eigenvalue weighted by molar-refractivity contribution is -0.146. The number of amides is 1. The summed E-state index contributed by atoms with van der Waals surface area (Å²) in [5, 5.41) is 3.82. The molecule has 1 saturated heterocycles. The quantitative estimate of drug-likeness (QED) is 0.637. The van der Waals surface area contributed by atoms with Crippen LogP contribution in [0.1, 0.15) is 22.5 Å². The zero-order chi connectivity index (χ0) is 22.0. The van der Waals surface area contributed by atoms with Gasteiger partial charge in [0.05, 0.1) is 12.6 Å². The van der Waals surface area contributed by atoms with Crippen molar-refractivity contribution >= 4 is 22.8 Å². The van der Waals surface area contributed by atoms with E-state index in [0.717, 1.165) is 23.6 Å². The van der Waals surface area contributed by atoms with Gasteiger partial charge in [-0.1, -0.05) is 24.3 Å². The van der Waals surface area contributed by atoms with Crippen molar-refractivity contribution in [3.05, 3.63) is 77.5 Å². The number of halogens is 2. The number of methoxy groups -OCH3 is 1. The molecule has 3 aromatic rings. The number of likely N-dealkylation sites (tertiary alicyclic amines) is 1. The van der Waals surface area contributed by atoms with Crippen LogP contribution in [0.2, 0.25) is 0 Å². The molecule has 1 aromatic heterocycles. The molecule has 31 heavy (non-hydrogen) atoms. The number of carbonyl (C=O) groups excluding carboxylic acids is 2. The van der Waals surface area contributed by atoms with Crippen LogP contribution < -0.4 is 5.32 Å². The van der Waals surface area contributed by atoms with E-state index in [9.17, 15) is 18.4 Å². The Morgan fingerprint density at radius 1 is 1.16 bits per heavy atom. The fraction of sp³-hybridized carbons (Fsp3) is 0.261. The molecule has 4 rings (SSSR count). The van der Waals surface area contributed by atoms with Gasteiger partial charge in [0.25, 0.3) is 5.91 Å². The summed E-state index contributed by atoms with van der Waals surface area (Å²) in [5.41, 5.74) is 1.11. The predicted molar refractivity (Wildman–Crippen MR) is 110 cm³/mol. The van der Waals surface area contributed by atoms with Crippen molar-refractivity contribution < 1.29 is 23.1 Å². The number of aromatic nitrogens is 1. The van der Waals surface area contributed by atoms with Crippen LogP contribution in [-0.4, -0.2) is 47.5 Å². The second-order valence-electron chi connectivity index (χ2n) is 7.50. The number of nitrogens with one attached hydrogen (secondary N) is 1. The van der Waals surface area contributed by atoms with Crippen molar-refractivity contribution in [3.8, 4) is 0 Å². The average Bonchev–Trinajstić information content (AvgIpc) is 3.17. The van der Waals surface area contributed by atoms with E-state index < -0.39 is 23.6 Å². The zero-order valence-corrected chi connectivity index (χ0v) is 16.8. The molecule has 0 saturated carbocycles. The summed E-state index contributed by atoms with van der Waals surface area (Å²) >= 11 is 0. The minimum Gasteiger partial charge on any atom is -0.468 e. The van der Waals surface area contributed by atoms with Crippen LogP contribution in [0.4, 0.5) is 8.78 Å². The highest BCUT2D eigenvalue weighted by Crippen LogP contribution is 2.24. The van der Waals surface area contributed by atoms with Gasteiger partial charge in [0.2, 0.25) is 0 Å². The monoisotopic (exact) mass is 425 g/mol. The lowest BCUT2D eigenvalue weighted by Crippen LogP contribution is -2.38. The van der Waals surface area contributed by atoms with E-state index >= 15 is 0 Å². The molecule has 1 N–H and O–H groups in total. The van der Waals surface area contributed by atoms with Gasteiger partial charge in [0.1, 0.15) is 23.4 Å². The number of para-hydroxylation sites is 1. The van der Waals surface area contributed by atoms with E-state index in [0.29, 0.717) is 11.9 Å². The van der Waals surface area contributed by atoms with Gasteiger partial charge in [0.15, 0.2) is 0 Å². The number of esters is 1. The van der Waals surface area contributed by atoms with Gasteiger partial charge < -0.3 is 10.1 Å². The number of fused-ring (bicyclic) bond motifs is 1. The standard InChI is InChI=1S/C23H21F2N3O3/c1-31-23(30)21-11-17(13-28(21)12-15-10-16(24)7-8-18(15)25)26-22(29)20-9-6-14-4-2-3-5-19(14)27-20/h2-10,17,21H,11-13H2,1H3,(H,26,29)/t17-,21+/m1/s1. The summed E-state index contributed by atoms with van der Waals surface area (Å²) < 4.78 is 32.5. The first-order valence-corrected chi connectivity index (χ1v) is 9.87. The van der Waals surface area contributed by atoms with E-state index in [1.165, 1.54) is 7.11 Å². The van der Waals surface area contributed by atoms with Crippen LogP contribution in [0.25, 0.3) is 10.9 Å². The first-order valence-electron chi connectivity index (χ1n) is 9.87. The van der Waals surface area contributed by atoms with Crippen molar-refractivity contribution in [2.75, 3.05) is 13.7 Å². The second-order valence-corrected chi connectivity index (χ2v) is 7.50. The normalized spacial score (nSPS) is 18.8. The Balaban J connectivity index is 1.50. The summed E-state index contributed by atoms with van der Waals surface area (Å²) in [6, 6.07) is 13.1. The van der Waals surface area contributed by atoms with Crippen LogP contribution in [0.3, 0.4) is 0 Å². The smallest absolute Gasteiger partial charge is 0.323 e. The highest BCUT2D eigenvalue weighted by atomic mass is 19.1. The van der Waals surface area contributed by atoms with Gasteiger partial charge >= 0.3 is 5.97 Å². The van der Waals surface area contributed by atoms with Crippen molar-refractivity contribution in [2.45, 2.75) is 25.0 Å². The van der Waals surface area contributed by atoms with Crippen molar-refractivity contribution in [3.63, 3.8) is 0 Å². The third-order valence-corrected chi connectivity index (χ3v) is 5.42. The van der Waals surface area contributed by atoms with Crippen molar-refractivity contribution in [1.29, 1.82) is 0 Å². The molecular weight excluding hydrogens is 404 g/mol. The molecule has 0 bridgehead atoms. The molecule has 1 aliphatic rings. The maximum absolute atomic E-state index is 14.1. The molecule has 160 valence electrons. The van der Waals surface area contributed by atoms with Gasteiger partial charge in [-0.3, -0.25) is 14.5 Å². The van der Waals surface area contributed by atoms with Crippen molar-refractivity contribution in [1.82, 2.24) is 15.2 Å². The minimum absolute atomic E-state index is 0.0178. The number of rotatable bonds is 5. The van der Waals surface area contributed by atoms with Gasteiger partial charge in [-0.15, -0.1) is 0 Å². The van der Waals surface area contributed by atoms with Gasteiger partial charge in [0, 0.05) is 30.1 Å². The Bertz CT molecular complexity index is 1140. The largest absolute Gasteiger partial charge is 0.468 e. The topological polar surface area (TPSA) is 71.5 Å². The molecule has 1 amide bonds. The Morgan fingerprint density at radius 3 is 2.77 bits per heavy atom. The maximum Gasteiger partial charge on any atom is 0.323 e. The Kier molecular flexibility index (Phi) is 5.90. The zero-order valence-electron chi connectivity index (χ0n) is 16.8.